The fourth-order valence-electron chi connectivity index (χ4n) is 4.40. The van der Waals surface area contributed by atoms with E-state index in [0.717, 1.165) is 12.8 Å². The summed E-state index contributed by atoms with van der Waals surface area (Å²) in [4.78, 5) is 12.7. The van der Waals surface area contributed by atoms with Gasteiger partial charge in [-0.2, -0.15) is 0 Å². The van der Waals surface area contributed by atoms with Gasteiger partial charge in [0, 0.05) is 12.8 Å². The van der Waals surface area contributed by atoms with E-state index in [1.807, 2.05) is 32.0 Å². The maximum atomic E-state index is 12.7. The smallest absolute Gasteiger partial charge is 0.310 e. The first-order chi connectivity index (χ1) is 12.9. The molecule has 0 aromatic heterocycles. The molecule has 2 aromatic carbocycles. The molecule has 0 aliphatic heterocycles. The van der Waals surface area contributed by atoms with Gasteiger partial charge in [-0.05, 0) is 39.7 Å². The lowest BCUT2D eigenvalue weighted by Gasteiger charge is -2.12. The van der Waals surface area contributed by atoms with Gasteiger partial charge in [0.25, 0.3) is 0 Å². The molecule has 27 heavy (non-hydrogen) atoms. The predicted molar refractivity (Wildman–Crippen MR) is 110 cm³/mol. The highest BCUT2D eigenvalue weighted by atomic mass is 35.5. The number of ether oxygens (including phenoxy) is 1. The summed E-state index contributed by atoms with van der Waals surface area (Å²) in [6.07, 6.45) is 3.18. The second kappa shape index (κ2) is 7.00. The van der Waals surface area contributed by atoms with Crippen LogP contribution in [0.5, 0.6) is 0 Å². The van der Waals surface area contributed by atoms with E-state index in [0.29, 0.717) is 0 Å². The first-order valence-electron chi connectivity index (χ1n) is 9.27. The van der Waals surface area contributed by atoms with Crippen LogP contribution in [0, 0.1) is 17.3 Å². The Kier molecular flexibility index (Phi) is 4.82. The van der Waals surface area contributed by atoms with Gasteiger partial charge in [-0.1, -0.05) is 85.6 Å². The number of hydrogen-bond acceptors (Lipinski definition) is 2. The van der Waals surface area contributed by atoms with E-state index < -0.39 is 0 Å². The molecule has 2 aromatic rings. The number of benzene rings is 2. The summed E-state index contributed by atoms with van der Waals surface area (Å²) < 4.78 is 6.11. The van der Waals surface area contributed by atoms with Crippen LogP contribution in [0.15, 0.2) is 59.1 Å². The molecule has 0 heterocycles. The number of carbonyl (C=O) groups is 1. The third-order valence-electron chi connectivity index (χ3n) is 5.99. The van der Waals surface area contributed by atoms with Crippen molar-refractivity contribution in [2.45, 2.75) is 32.8 Å². The van der Waals surface area contributed by atoms with Crippen LogP contribution in [-0.4, -0.2) is 12.1 Å². The number of halogens is 2. The van der Waals surface area contributed by atoms with Crippen LogP contribution in [0.3, 0.4) is 0 Å². The predicted octanol–water partition coefficient (Wildman–Crippen LogP) is 5.96. The van der Waals surface area contributed by atoms with Crippen molar-refractivity contribution in [3.05, 3.63) is 70.2 Å². The van der Waals surface area contributed by atoms with E-state index in [4.69, 9.17) is 27.9 Å². The molecular weight excluding hydrogens is 379 g/mol. The van der Waals surface area contributed by atoms with Crippen LogP contribution in [0.25, 0.3) is 11.1 Å². The maximum absolute atomic E-state index is 12.7. The van der Waals surface area contributed by atoms with Gasteiger partial charge in [0.05, 0.1) is 5.92 Å². The summed E-state index contributed by atoms with van der Waals surface area (Å²) in [6.45, 7) is 4.10. The Morgan fingerprint density at radius 1 is 1.07 bits per heavy atom. The lowest BCUT2D eigenvalue weighted by Crippen LogP contribution is -2.21. The summed E-state index contributed by atoms with van der Waals surface area (Å²) in [7, 11) is 0. The minimum Gasteiger partial charge on any atom is -0.461 e. The maximum Gasteiger partial charge on any atom is 0.310 e. The molecule has 0 spiro atoms. The molecule has 0 saturated heterocycles. The molecule has 1 saturated carbocycles. The topological polar surface area (TPSA) is 26.3 Å². The van der Waals surface area contributed by atoms with Crippen LogP contribution in [0.1, 0.15) is 25.0 Å². The first-order valence-corrected chi connectivity index (χ1v) is 10.0. The Hall–Kier alpha value is -1.77. The molecular formula is C23H22Cl2O2. The van der Waals surface area contributed by atoms with Crippen molar-refractivity contribution < 1.29 is 9.53 Å². The molecule has 1 fully saturated rings. The normalized spacial score (nSPS) is 24.8. The molecule has 140 valence electrons. The average molecular weight is 401 g/mol. The van der Waals surface area contributed by atoms with Gasteiger partial charge in [-0.25, -0.2) is 0 Å². The quantitative estimate of drug-likeness (QED) is 0.592. The summed E-state index contributed by atoms with van der Waals surface area (Å²) >= 11 is 11.6. The van der Waals surface area contributed by atoms with Gasteiger partial charge in [0.15, 0.2) is 0 Å². The Balaban J connectivity index is 1.49. The zero-order valence-corrected chi connectivity index (χ0v) is 16.9. The van der Waals surface area contributed by atoms with Crippen molar-refractivity contribution in [2.75, 3.05) is 0 Å². The van der Waals surface area contributed by atoms with E-state index in [-0.39, 0.29) is 33.8 Å². The Labute approximate surface area is 170 Å². The Morgan fingerprint density at radius 2 is 1.81 bits per heavy atom. The molecule has 2 aliphatic carbocycles. The minimum absolute atomic E-state index is 0.0404. The number of rotatable bonds is 4. The monoisotopic (exact) mass is 400 g/mol. The van der Waals surface area contributed by atoms with Gasteiger partial charge in [-0.15, -0.1) is 0 Å². The van der Waals surface area contributed by atoms with Gasteiger partial charge in [0.1, 0.15) is 10.6 Å². The fraction of sp³-hybridized carbons (Fsp3) is 0.348. The molecule has 2 nitrogen and oxygen atoms in total. The molecule has 0 radical (unpaired) electrons. The highest BCUT2D eigenvalue weighted by Crippen LogP contribution is 2.60. The largest absolute Gasteiger partial charge is 0.461 e. The highest BCUT2D eigenvalue weighted by molar-refractivity contribution is 6.55. The van der Waals surface area contributed by atoms with Crippen molar-refractivity contribution in [1.82, 2.24) is 0 Å². The third-order valence-corrected chi connectivity index (χ3v) is 6.24. The average Bonchev–Trinajstić information content (AvgIpc) is 2.97. The third kappa shape index (κ3) is 3.53. The number of esters is 1. The van der Waals surface area contributed by atoms with Gasteiger partial charge in [0.2, 0.25) is 0 Å². The number of carbonyl (C=O) groups excluding carboxylic acids is 1. The molecule has 4 rings (SSSR count). The molecule has 0 bridgehead atoms. The second-order valence-corrected chi connectivity index (χ2v) is 9.07. The van der Waals surface area contributed by atoms with Crippen LogP contribution in [-0.2, 0) is 22.4 Å². The summed E-state index contributed by atoms with van der Waals surface area (Å²) in [5.74, 6) is -0.282. The van der Waals surface area contributed by atoms with Crippen LogP contribution >= 0.6 is 23.2 Å². The zero-order chi connectivity index (χ0) is 19.2. The van der Waals surface area contributed by atoms with Crippen molar-refractivity contribution in [1.29, 1.82) is 0 Å². The van der Waals surface area contributed by atoms with Crippen LogP contribution in [0.4, 0.5) is 0 Å². The van der Waals surface area contributed by atoms with Crippen molar-refractivity contribution >= 4 is 29.2 Å². The molecule has 0 N–H and O–H groups in total. The standard InChI is InChI=1S/C23H22Cl2O2/c1-23(2)19(13-20(24)25)21(23)22(26)27-16-11-15-9-6-10-17(18(15)12-16)14-7-4-3-5-8-14/h3-10,13,16,19,21H,11-12H2,1-2H3/t16?,19-,21-/m1/s1. The fourth-order valence-corrected chi connectivity index (χ4v) is 4.67. The number of allylic oxidation sites excluding steroid dienone is 1. The van der Waals surface area contributed by atoms with Gasteiger partial charge < -0.3 is 4.74 Å². The molecule has 1 unspecified atom stereocenters. The Morgan fingerprint density at radius 3 is 2.52 bits per heavy atom. The van der Waals surface area contributed by atoms with Crippen molar-refractivity contribution in [3.8, 4) is 11.1 Å². The van der Waals surface area contributed by atoms with E-state index >= 15 is 0 Å². The number of fused-ring (bicyclic) bond motifs is 1. The summed E-state index contributed by atoms with van der Waals surface area (Å²) in [6, 6.07) is 16.7. The van der Waals surface area contributed by atoms with Crippen LogP contribution < -0.4 is 0 Å². The van der Waals surface area contributed by atoms with E-state index in [1.54, 1.807) is 6.08 Å². The van der Waals surface area contributed by atoms with Crippen LogP contribution in [0.2, 0.25) is 0 Å². The zero-order valence-electron chi connectivity index (χ0n) is 15.4. The summed E-state index contributed by atoms with van der Waals surface area (Å²) in [5, 5.41) is 0. The first kappa shape index (κ1) is 18.6. The molecule has 4 heteroatoms. The lowest BCUT2D eigenvalue weighted by molar-refractivity contribution is -0.151. The van der Waals surface area contributed by atoms with Crippen molar-refractivity contribution in [2.24, 2.45) is 17.3 Å². The van der Waals surface area contributed by atoms with Gasteiger partial charge >= 0.3 is 5.97 Å². The van der Waals surface area contributed by atoms with E-state index in [2.05, 4.69) is 30.3 Å². The molecule has 3 atom stereocenters. The molecule has 0 amide bonds. The minimum atomic E-state index is -0.178. The van der Waals surface area contributed by atoms with Gasteiger partial charge in [-0.3, -0.25) is 4.79 Å². The Bertz CT molecular complexity index is 898. The SMILES string of the molecule is CC1(C)[C@H](C=C(Cl)Cl)[C@@H]1C(=O)OC1Cc2cccc(-c3ccccc3)c2C1. The lowest BCUT2D eigenvalue weighted by atomic mass is 9.97. The summed E-state index contributed by atoms with van der Waals surface area (Å²) in [5.41, 5.74) is 4.83. The van der Waals surface area contributed by atoms with E-state index in [9.17, 15) is 4.79 Å². The molecule has 2 aliphatic rings. The van der Waals surface area contributed by atoms with Crippen molar-refractivity contribution in [3.63, 3.8) is 0 Å². The number of hydrogen-bond donors (Lipinski definition) is 0. The van der Waals surface area contributed by atoms with E-state index in [1.165, 1.54) is 22.3 Å². The highest BCUT2D eigenvalue weighted by Gasteiger charge is 2.62. The second-order valence-electron chi connectivity index (χ2n) is 8.06.